The predicted molar refractivity (Wildman–Crippen MR) is 58.7 cm³/mol. The van der Waals surface area contributed by atoms with Gasteiger partial charge in [-0.25, -0.2) is 8.42 Å². The molecule has 0 bridgehead atoms. The van der Waals surface area contributed by atoms with E-state index in [1.54, 1.807) is 6.07 Å². The number of nitriles is 1. The Morgan fingerprint density at radius 1 is 1.53 bits per heavy atom. The van der Waals surface area contributed by atoms with Crippen molar-refractivity contribution in [1.29, 1.82) is 5.26 Å². The summed E-state index contributed by atoms with van der Waals surface area (Å²) in [5.41, 5.74) is 0.546. The number of hydrogen-bond donors (Lipinski definition) is 0. The van der Waals surface area contributed by atoms with Crippen molar-refractivity contribution < 1.29 is 13.3 Å². The SMILES string of the molecule is N#CCN1c2ccc([N+](=O)[O-])cc2CS1(=O)=O. The topological polar surface area (TPSA) is 104 Å². The van der Waals surface area contributed by atoms with E-state index in [0.29, 0.717) is 11.3 Å². The highest BCUT2D eigenvalue weighted by atomic mass is 32.2. The molecule has 0 aliphatic carbocycles. The fourth-order valence-corrected chi connectivity index (χ4v) is 3.23. The molecule has 0 spiro atoms. The summed E-state index contributed by atoms with van der Waals surface area (Å²) in [5.74, 6) is -0.300. The predicted octanol–water partition coefficient (Wildman–Crippen LogP) is 0.768. The zero-order valence-electron chi connectivity index (χ0n) is 8.53. The van der Waals surface area contributed by atoms with Gasteiger partial charge in [0.1, 0.15) is 6.54 Å². The molecule has 1 heterocycles. The Bertz CT molecular complexity index is 632. The molecule has 0 saturated carbocycles. The van der Waals surface area contributed by atoms with Crippen molar-refractivity contribution in [2.24, 2.45) is 0 Å². The van der Waals surface area contributed by atoms with Crippen LogP contribution in [0.5, 0.6) is 0 Å². The van der Waals surface area contributed by atoms with Crippen LogP contribution in [0.4, 0.5) is 11.4 Å². The molecule has 1 aromatic carbocycles. The largest absolute Gasteiger partial charge is 0.269 e. The molecule has 0 saturated heterocycles. The van der Waals surface area contributed by atoms with Crippen LogP contribution in [0.1, 0.15) is 5.56 Å². The number of anilines is 1. The number of nitro groups is 1. The van der Waals surface area contributed by atoms with Gasteiger partial charge in [0.05, 0.1) is 22.4 Å². The number of nitro benzene ring substituents is 1. The number of hydrogen-bond acceptors (Lipinski definition) is 5. The van der Waals surface area contributed by atoms with E-state index in [2.05, 4.69) is 0 Å². The zero-order chi connectivity index (χ0) is 12.6. The van der Waals surface area contributed by atoms with Gasteiger partial charge in [0.15, 0.2) is 0 Å². The summed E-state index contributed by atoms with van der Waals surface area (Å²) in [6, 6.07) is 5.57. The van der Waals surface area contributed by atoms with Crippen LogP contribution >= 0.6 is 0 Å². The van der Waals surface area contributed by atoms with Crippen LogP contribution in [0.25, 0.3) is 0 Å². The Balaban J connectivity index is 2.53. The first-order chi connectivity index (χ1) is 7.95. The first-order valence-electron chi connectivity index (χ1n) is 4.60. The van der Waals surface area contributed by atoms with Crippen LogP contribution < -0.4 is 4.31 Å². The third kappa shape index (κ3) is 1.81. The van der Waals surface area contributed by atoms with Crippen molar-refractivity contribution in [1.82, 2.24) is 0 Å². The van der Waals surface area contributed by atoms with Gasteiger partial charge in [0.25, 0.3) is 5.69 Å². The standard InChI is InChI=1S/C9H7N3O4S/c10-3-4-11-9-2-1-8(12(13)14)5-7(9)6-17(11,15)16/h1-2,5H,4,6H2. The Kier molecular flexibility index (Phi) is 2.48. The second kappa shape index (κ2) is 3.71. The van der Waals surface area contributed by atoms with E-state index in [1.807, 2.05) is 0 Å². The van der Waals surface area contributed by atoms with Crippen molar-refractivity contribution in [3.63, 3.8) is 0 Å². The maximum absolute atomic E-state index is 11.7. The summed E-state index contributed by atoms with van der Waals surface area (Å²) >= 11 is 0. The molecule has 0 atom stereocenters. The van der Waals surface area contributed by atoms with Gasteiger partial charge in [-0.3, -0.25) is 14.4 Å². The Hall–Kier alpha value is -2.14. The Labute approximate surface area is 97.1 Å². The van der Waals surface area contributed by atoms with Crippen LogP contribution in [0.3, 0.4) is 0 Å². The Morgan fingerprint density at radius 2 is 2.24 bits per heavy atom. The highest BCUT2D eigenvalue weighted by Crippen LogP contribution is 2.35. The van der Waals surface area contributed by atoms with Gasteiger partial charge in [-0.1, -0.05) is 0 Å². The fourth-order valence-electron chi connectivity index (χ4n) is 1.72. The zero-order valence-corrected chi connectivity index (χ0v) is 9.35. The lowest BCUT2D eigenvalue weighted by molar-refractivity contribution is -0.384. The summed E-state index contributed by atoms with van der Waals surface area (Å²) in [6.45, 7) is -0.285. The van der Waals surface area contributed by atoms with E-state index in [0.717, 1.165) is 4.31 Å². The van der Waals surface area contributed by atoms with Crippen molar-refractivity contribution in [2.75, 3.05) is 10.8 Å². The molecule has 7 nitrogen and oxygen atoms in total. The summed E-state index contributed by atoms with van der Waals surface area (Å²) in [7, 11) is -3.56. The molecule has 8 heteroatoms. The number of nitrogens with zero attached hydrogens (tertiary/aromatic N) is 3. The molecular formula is C9H7N3O4S. The normalized spacial score (nSPS) is 16.3. The van der Waals surface area contributed by atoms with E-state index < -0.39 is 14.9 Å². The third-order valence-corrected chi connectivity index (χ3v) is 4.10. The summed E-state index contributed by atoms with van der Waals surface area (Å²) in [6.07, 6.45) is 0. The minimum absolute atomic E-state index is 0.155. The number of benzene rings is 1. The van der Waals surface area contributed by atoms with E-state index >= 15 is 0 Å². The van der Waals surface area contributed by atoms with Crippen LogP contribution in [-0.4, -0.2) is 19.9 Å². The maximum atomic E-state index is 11.7. The van der Waals surface area contributed by atoms with Crippen molar-refractivity contribution in [3.05, 3.63) is 33.9 Å². The lowest BCUT2D eigenvalue weighted by atomic mass is 10.2. The molecule has 0 amide bonds. The van der Waals surface area contributed by atoms with Crippen molar-refractivity contribution >= 4 is 21.4 Å². The lowest BCUT2D eigenvalue weighted by Gasteiger charge is -2.13. The van der Waals surface area contributed by atoms with Crippen LogP contribution in [-0.2, 0) is 15.8 Å². The molecule has 2 rings (SSSR count). The molecule has 88 valence electrons. The molecule has 0 N–H and O–H groups in total. The quantitative estimate of drug-likeness (QED) is 0.439. The summed E-state index contributed by atoms with van der Waals surface area (Å²) < 4.78 is 24.4. The monoisotopic (exact) mass is 253 g/mol. The highest BCUT2D eigenvalue weighted by molar-refractivity contribution is 7.92. The van der Waals surface area contributed by atoms with Gasteiger partial charge in [-0.05, 0) is 6.07 Å². The van der Waals surface area contributed by atoms with Crippen LogP contribution in [0.15, 0.2) is 18.2 Å². The molecule has 0 aromatic heterocycles. The minimum atomic E-state index is -3.56. The molecule has 17 heavy (non-hydrogen) atoms. The average molecular weight is 253 g/mol. The van der Waals surface area contributed by atoms with Crippen molar-refractivity contribution in [2.45, 2.75) is 5.75 Å². The average Bonchev–Trinajstić information content (AvgIpc) is 2.49. The van der Waals surface area contributed by atoms with E-state index in [9.17, 15) is 18.5 Å². The van der Waals surface area contributed by atoms with Crippen LogP contribution in [0.2, 0.25) is 0 Å². The Morgan fingerprint density at radius 3 is 2.82 bits per heavy atom. The van der Waals surface area contributed by atoms with E-state index in [1.165, 1.54) is 18.2 Å². The molecule has 1 aromatic rings. The first kappa shape index (κ1) is 11.3. The second-order valence-corrected chi connectivity index (χ2v) is 5.38. The maximum Gasteiger partial charge on any atom is 0.269 e. The van der Waals surface area contributed by atoms with Crippen molar-refractivity contribution in [3.8, 4) is 6.07 Å². The van der Waals surface area contributed by atoms with Gasteiger partial charge in [-0.2, -0.15) is 5.26 Å². The highest BCUT2D eigenvalue weighted by Gasteiger charge is 2.33. The van der Waals surface area contributed by atoms with Gasteiger partial charge in [0.2, 0.25) is 10.0 Å². The van der Waals surface area contributed by atoms with Crippen LogP contribution in [0, 0.1) is 21.4 Å². The minimum Gasteiger partial charge on any atom is -0.258 e. The fraction of sp³-hybridized carbons (Fsp3) is 0.222. The number of sulfonamides is 1. The molecular weight excluding hydrogens is 246 g/mol. The van der Waals surface area contributed by atoms with Gasteiger partial charge >= 0.3 is 0 Å². The number of non-ortho nitro benzene ring substituents is 1. The molecule has 0 radical (unpaired) electrons. The smallest absolute Gasteiger partial charge is 0.258 e. The van der Waals surface area contributed by atoms with E-state index in [4.69, 9.17) is 5.26 Å². The number of fused-ring (bicyclic) bond motifs is 1. The summed E-state index contributed by atoms with van der Waals surface area (Å²) in [4.78, 5) is 9.98. The van der Waals surface area contributed by atoms with Gasteiger partial charge in [-0.15, -0.1) is 0 Å². The van der Waals surface area contributed by atoms with E-state index in [-0.39, 0.29) is 18.0 Å². The summed E-state index contributed by atoms with van der Waals surface area (Å²) in [5, 5.41) is 19.1. The third-order valence-electron chi connectivity index (χ3n) is 2.43. The molecule has 1 aliphatic heterocycles. The molecule has 0 fully saturated rings. The van der Waals surface area contributed by atoms with Gasteiger partial charge in [0, 0.05) is 17.7 Å². The lowest BCUT2D eigenvalue weighted by Crippen LogP contribution is -2.26. The first-order valence-corrected chi connectivity index (χ1v) is 6.21. The number of rotatable bonds is 2. The molecule has 1 aliphatic rings. The second-order valence-electron chi connectivity index (χ2n) is 3.49. The molecule has 0 unspecified atom stereocenters. The van der Waals surface area contributed by atoms with Gasteiger partial charge < -0.3 is 0 Å².